The molecule has 102 valence electrons. The SMILES string of the molecule is C#Cc1ccc2c(c1)C(=O)N(C(C)(/C=C\C)CC)C2=O. The molecule has 0 saturated heterocycles. The van der Waals surface area contributed by atoms with Crippen molar-refractivity contribution in [3.63, 3.8) is 0 Å². The van der Waals surface area contributed by atoms with Crippen LogP contribution in [0.3, 0.4) is 0 Å². The Morgan fingerprint density at radius 3 is 2.50 bits per heavy atom. The summed E-state index contributed by atoms with van der Waals surface area (Å²) in [7, 11) is 0. The Morgan fingerprint density at radius 2 is 1.95 bits per heavy atom. The van der Waals surface area contributed by atoms with Crippen LogP contribution >= 0.6 is 0 Å². The lowest BCUT2D eigenvalue weighted by Gasteiger charge is -2.33. The first kappa shape index (κ1) is 14.1. The van der Waals surface area contributed by atoms with Crippen molar-refractivity contribution in [1.29, 1.82) is 0 Å². The molecular weight excluding hydrogens is 250 g/mol. The monoisotopic (exact) mass is 267 g/mol. The van der Waals surface area contributed by atoms with E-state index in [1.54, 1.807) is 18.2 Å². The molecule has 0 N–H and O–H groups in total. The van der Waals surface area contributed by atoms with E-state index in [2.05, 4.69) is 5.92 Å². The maximum atomic E-state index is 12.6. The van der Waals surface area contributed by atoms with Crippen molar-refractivity contribution in [3.8, 4) is 12.3 Å². The highest BCUT2D eigenvalue weighted by atomic mass is 16.2. The zero-order chi connectivity index (χ0) is 14.9. The Balaban J connectivity index is 2.55. The molecule has 0 radical (unpaired) electrons. The smallest absolute Gasteiger partial charge is 0.262 e. The van der Waals surface area contributed by atoms with Crippen molar-refractivity contribution < 1.29 is 9.59 Å². The standard InChI is InChI=1S/C17H17NO2/c1-5-10-17(4,7-3)18-15(19)13-9-8-12(6-2)11-14(13)16(18)20/h2,5,8-11H,7H2,1,3-4H3/b10-5-. The number of carbonyl (C=O) groups excluding carboxylic acids is 2. The number of benzene rings is 1. The quantitative estimate of drug-likeness (QED) is 0.479. The van der Waals surface area contributed by atoms with E-state index in [0.717, 1.165) is 0 Å². The molecule has 1 atom stereocenters. The second-order valence-corrected chi connectivity index (χ2v) is 5.06. The van der Waals surface area contributed by atoms with Gasteiger partial charge in [-0.3, -0.25) is 14.5 Å². The van der Waals surface area contributed by atoms with E-state index in [1.807, 2.05) is 32.9 Å². The zero-order valence-corrected chi connectivity index (χ0v) is 11.9. The van der Waals surface area contributed by atoms with Gasteiger partial charge in [0, 0.05) is 5.56 Å². The van der Waals surface area contributed by atoms with Crippen LogP contribution in [-0.4, -0.2) is 22.3 Å². The van der Waals surface area contributed by atoms with Gasteiger partial charge in [0.05, 0.1) is 16.7 Å². The molecule has 1 aliphatic heterocycles. The number of hydrogen-bond acceptors (Lipinski definition) is 2. The van der Waals surface area contributed by atoms with Gasteiger partial charge >= 0.3 is 0 Å². The third-order valence-corrected chi connectivity index (χ3v) is 3.81. The molecule has 1 unspecified atom stereocenters. The van der Waals surface area contributed by atoms with Crippen molar-refractivity contribution >= 4 is 11.8 Å². The normalized spacial score (nSPS) is 17.2. The Hall–Kier alpha value is -2.34. The number of allylic oxidation sites excluding steroid dienone is 1. The fourth-order valence-electron chi connectivity index (χ4n) is 2.50. The van der Waals surface area contributed by atoms with Crippen molar-refractivity contribution in [2.45, 2.75) is 32.7 Å². The molecule has 0 spiro atoms. The first-order valence-corrected chi connectivity index (χ1v) is 6.62. The lowest BCUT2D eigenvalue weighted by Crippen LogP contribution is -2.48. The zero-order valence-electron chi connectivity index (χ0n) is 11.9. The molecule has 0 bridgehead atoms. The summed E-state index contributed by atoms with van der Waals surface area (Å²) in [6.45, 7) is 5.72. The topological polar surface area (TPSA) is 37.4 Å². The maximum absolute atomic E-state index is 12.6. The highest BCUT2D eigenvalue weighted by molar-refractivity contribution is 6.22. The van der Waals surface area contributed by atoms with Crippen molar-refractivity contribution in [2.75, 3.05) is 0 Å². The first-order chi connectivity index (χ1) is 9.48. The number of terminal acetylenes is 1. The number of fused-ring (bicyclic) bond motifs is 1. The van der Waals surface area contributed by atoms with Crippen LogP contribution in [-0.2, 0) is 0 Å². The van der Waals surface area contributed by atoms with Crippen LogP contribution < -0.4 is 0 Å². The van der Waals surface area contributed by atoms with Gasteiger partial charge in [0.1, 0.15) is 0 Å². The number of imide groups is 1. The summed E-state index contributed by atoms with van der Waals surface area (Å²) in [6.07, 6.45) is 9.75. The van der Waals surface area contributed by atoms with Crippen LogP contribution in [0.25, 0.3) is 0 Å². The Kier molecular flexibility index (Phi) is 3.50. The number of rotatable bonds is 3. The van der Waals surface area contributed by atoms with Crippen molar-refractivity contribution in [3.05, 3.63) is 47.0 Å². The van der Waals surface area contributed by atoms with Gasteiger partial charge in [-0.15, -0.1) is 6.42 Å². The molecule has 1 aromatic rings. The minimum atomic E-state index is -0.613. The van der Waals surface area contributed by atoms with E-state index in [1.165, 1.54) is 4.90 Å². The molecule has 1 heterocycles. The van der Waals surface area contributed by atoms with Gasteiger partial charge in [-0.2, -0.15) is 0 Å². The van der Waals surface area contributed by atoms with Gasteiger partial charge in [-0.05, 0) is 38.5 Å². The molecule has 0 fully saturated rings. The van der Waals surface area contributed by atoms with E-state index in [0.29, 0.717) is 23.1 Å². The minimum absolute atomic E-state index is 0.254. The Labute approximate surface area is 119 Å². The molecular formula is C17H17NO2. The fourth-order valence-corrected chi connectivity index (χ4v) is 2.50. The van der Waals surface area contributed by atoms with Gasteiger partial charge in [-0.25, -0.2) is 0 Å². The van der Waals surface area contributed by atoms with Crippen molar-refractivity contribution in [1.82, 2.24) is 4.90 Å². The van der Waals surface area contributed by atoms with Crippen LogP contribution in [0.4, 0.5) is 0 Å². The molecule has 1 aromatic carbocycles. The molecule has 0 saturated carbocycles. The minimum Gasteiger partial charge on any atom is -0.269 e. The lowest BCUT2D eigenvalue weighted by atomic mass is 9.96. The van der Waals surface area contributed by atoms with E-state index < -0.39 is 5.54 Å². The van der Waals surface area contributed by atoms with Crippen LogP contribution in [0.1, 0.15) is 53.5 Å². The highest BCUT2D eigenvalue weighted by Crippen LogP contribution is 2.32. The summed E-state index contributed by atoms with van der Waals surface area (Å²) in [4.78, 5) is 26.4. The predicted molar refractivity (Wildman–Crippen MR) is 78.4 cm³/mol. The molecule has 2 amide bonds. The molecule has 3 nitrogen and oxygen atoms in total. The second-order valence-electron chi connectivity index (χ2n) is 5.06. The van der Waals surface area contributed by atoms with E-state index in [-0.39, 0.29) is 11.8 Å². The summed E-state index contributed by atoms with van der Waals surface area (Å²) < 4.78 is 0. The van der Waals surface area contributed by atoms with Gasteiger partial charge in [0.25, 0.3) is 11.8 Å². The van der Waals surface area contributed by atoms with Crippen LogP contribution in [0, 0.1) is 12.3 Å². The molecule has 2 rings (SSSR count). The fraction of sp³-hybridized carbons (Fsp3) is 0.294. The second kappa shape index (κ2) is 4.97. The summed E-state index contributed by atoms with van der Waals surface area (Å²) in [5.74, 6) is 1.96. The summed E-state index contributed by atoms with van der Waals surface area (Å²) in [6, 6.07) is 4.93. The Morgan fingerprint density at radius 1 is 1.30 bits per heavy atom. The average molecular weight is 267 g/mol. The third kappa shape index (κ3) is 1.94. The maximum Gasteiger partial charge on any atom is 0.262 e. The molecule has 3 heteroatoms. The lowest BCUT2D eigenvalue weighted by molar-refractivity contribution is 0.0515. The van der Waals surface area contributed by atoms with Crippen LogP contribution in [0.5, 0.6) is 0 Å². The predicted octanol–water partition coefficient (Wildman–Crippen LogP) is 3.01. The van der Waals surface area contributed by atoms with Gasteiger partial charge in [0.15, 0.2) is 0 Å². The molecule has 0 aliphatic carbocycles. The number of amides is 2. The van der Waals surface area contributed by atoms with Gasteiger partial charge < -0.3 is 0 Å². The molecule has 0 aromatic heterocycles. The largest absolute Gasteiger partial charge is 0.269 e. The molecule has 1 aliphatic rings. The van der Waals surface area contributed by atoms with Crippen LogP contribution in [0.15, 0.2) is 30.4 Å². The highest BCUT2D eigenvalue weighted by Gasteiger charge is 2.44. The average Bonchev–Trinajstić information content (AvgIpc) is 2.71. The number of hydrogen-bond donors (Lipinski definition) is 0. The van der Waals surface area contributed by atoms with Gasteiger partial charge in [0.2, 0.25) is 0 Å². The van der Waals surface area contributed by atoms with Crippen LogP contribution in [0.2, 0.25) is 0 Å². The number of carbonyl (C=O) groups is 2. The number of nitrogens with zero attached hydrogens (tertiary/aromatic N) is 1. The summed E-state index contributed by atoms with van der Waals surface area (Å²) in [5.41, 5.74) is 0.821. The Bertz CT molecular complexity index is 651. The van der Waals surface area contributed by atoms with E-state index in [9.17, 15) is 9.59 Å². The van der Waals surface area contributed by atoms with E-state index in [4.69, 9.17) is 6.42 Å². The van der Waals surface area contributed by atoms with Crippen molar-refractivity contribution in [2.24, 2.45) is 0 Å². The third-order valence-electron chi connectivity index (χ3n) is 3.81. The van der Waals surface area contributed by atoms with E-state index >= 15 is 0 Å². The first-order valence-electron chi connectivity index (χ1n) is 6.62. The molecule has 20 heavy (non-hydrogen) atoms. The summed E-state index contributed by atoms with van der Waals surface area (Å²) in [5, 5.41) is 0. The van der Waals surface area contributed by atoms with Gasteiger partial charge in [-0.1, -0.05) is 25.0 Å². The summed E-state index contributed by atoms with van der Waals surface area (Å²) >= 11 is 0.